The van der Waals surface area contributed by atoms with E-state index in [1.54, 1.807) is 7.11 Å². The molecule has 134 valence electrons. The summed E-state index contributed by atoms with van der Waals surface area (Å²) < 4.78 is 7.12. The number of nitrogens with one attached hydrogen (secondary N) is 1. The zero-order chi connectivity index (χ0) is 18.4. The van der Waals surface area contributed by atoms with Gasteiger partial charge in [-0.3, -0.25) is 9.48 Å². The van der Waals surface area contributed by atoms with Crippen LogP contribution in [-0.2, 0) is 13.0 Å². The SMILES string of the molecule is CCn1nc(C(=O)NCCc2ccccc2)cc1-c1cccc(OC)c1. The van der Waals surface area contributed by atoms with Gasteiger partial charge in [-0.15, -0.1) is 0 Å². The molecule has 0 saturated carbocycles. The second-order valence-corrected chi connectivity index (χ2v) is 5.95. The first-order valence-electron chi connectivity index (χ1n) is 8.75. The maximum atomic E-state index is 12.5. The fourth-order valence-corrected chi connectivity index (χ4v) is 2.84. The summed E-state index contributed by atoms with van der Waals surface area (Å²) in [5.74, 6) is 0.623. The number of ether oxygens (including phenoxy) is 1. The molecule has 1 heterocycles. The Balaban J connectivity index is 1.72. The number of carbonyl (C=O) groups excluding carboxylic acids is 1. The number of aromatic nitrogens is 2. The van der Waals surface area contributed by atoms with Gasteiger partial charge in [-0.25, -0.2) is 0 Å². The maximum Gasteiger partial charge on any atom is 0.271 e. The third kappa shape index (κ3) is 4.11. The van der Waals surface area contributed by atoms with Gasteiger partial charge in [-0.05, 0) is 37.1 Å². The molecule has 0 bridgehead atoms. The summed E-state index contributed by atoms with van der Waals surface area (Å²) in [4.78, 5) is 12.5. The molecule has 2 aromatic carbocycles. The van der Waals surface area contributed by atoms with E-state index in [0.717, 1.165) is 23.4 Å². The van der Waals surface area contributed by atoms with Crippen LogP contribution in [0.3, 0.4) is 0 Å². The van der Waals surface area contributed by atoms with Crippen molar-refractivity contribution >= 4 is 5.91 Å². The van der Waals surface area contributed by atoms with Crippen LogP contribution >= 0.6 is 0 Å². The van der Waals surface area contributed by atoms with Gasteiger partial charge < -0.3 is 10.1 Å². The highest BCUT2D eigenvalue weighted by molar-refractivity contribution is 5.93. The zero-order valence-electron chi connectivity index (χ0n) is 15.1. The second kappa shape index (κ2) is 8.34. The monoisotopic (exact) mass is 349 g/mol. The Kier molecular flexibility index (Phi) is 5.69. The van der Waals surface area contributed by atoms with Crippen molar-refractivity contribution in [2.45, 2.75) is 19.9 Å². The average molecular weight is 349 g/mol. The lowest BCUT2D eigenvalue weighted by Gasteiger charge is -2.06. The molecule has 0 aliphatic heterocycles. The van der Waals surface area contributed by atoms with Crippen LogP contribution in [0.1, 0.15) is 23.0 Å². The van der Waals surface area contributed by atoms with Gasteiger partial charge in [0, 0.05) is 18.7 Å². The van der Waals surface area contributed by atoms with E-state index in [1.165, 1.54) is 5.56 Å². The first kappa shape index (κ1) is 17.7. The van der Waals surface area contributed by atoms with Crippen molar-refractivity contribution in [3.8, 4) is 17.0 Å². The zero-order valence-corrected chi connectivity index (χ0v) is 15.1. The van der Waals surface area contributed by atoms with Crippen molar-refractivity contribution < 1.29 is 9.53 Å². The smallest absolute Gasteiger partial charge is 0.271 e. The molecular weight excluding hydrogens is 326 g/mol. The van der Waals surface area contributed by atoms with Gasteiger partial charge in [0.25, 0.3) is 5.91 Å². The summed E-state index contributed by atoms with van der Waals surface area (Å²) in [5.41, 5.74) is 3.50. The van der Waals surface area contributed by atoms with Gasteiger partial charge in [0.15, 0.2) is 5.69 Å². The lowest BCUT2D eigenvalue weighted by Crippen LogP contribution is -2.26. The van der Waals surface area contributed by atoms with Crippen LogP contribution in [-0.4, -0.2) is 29.3 Å². The van der Waals surface area contributed by atoms with Gasteiger partial charge >= 0.3 is 0 Å². The summed E-state index contributed by atoms with van der Waals surface area (Å²) in [6.07, 6.45) is 0.795. The van der Waals surface area contributed by atoms with Crippen molar-refractivity contribution in [3.05, 3.63) is 71.9 Å². The minimum atomic E-state index is -0.155. The van der Waals surface area contributed by atoms with Gasteiger partial charge in [-0.2, -0.15) is 5.10 Å². The molecule has 0 aliphatic rings. The molecule has 3 rings (SSSR count). The maximum absolute atomic E-state index is 12.5. The molecule has 0 saturated heterocycles. The number of benzene rings is 2. The predicted molar refractivity (Wildman–Crippen MR) is 102 cm³/mol. The Hall–Kier alpha value is -3.08. The van der Waals surface area contributed by atoms with Crippen LogP contribution in [0.5, 0.6) is 5.75 Å². The molecule has 5 heteroatoms. The number of carbonyl (C=O) groups is 1. The largest absolute Gasteiger partial charge is 0.497 e. The second-order valence-electron chi connectivity index (χ2n) is 5.95. The van der Waals surface area contributed by atoms with E-state index < -0.39 is 0 Å². The van der Waals surface area contributed by atoms with Crippen LogP contribution in [0, 0.1) is 0 Å². The van der Waals surface area contributed by atoms with E-state index >= 15 is 0 Å². The molecule has 5 nitrogen and oxygen atoms in total. The molecule has 0 unspecified atom stereocenters. The third-order valence-corrected chi connectivity index (χ3v) is 4.22. The molecular formula is C21H23N3O2. The third-order valence-electron chi connectivity index (χ3n) is 4.22. The molecule has 0 atom stereocenters. The Labute approximate surface area is 153 Å². The van der Waals surface area contributed by atoms with E-state index in [0.29, 0.717) is 18.8 Å². The van der Waals surface area contributed by atoms with Gasteiger partial charge in [-0.1, -0.05) is 42.5 Å². The fraction of sp³-hybridized carbons (Fsp3) is 0.238. The number of amides is 1. The first-order chi connectivity index (χ1) is 12.7. The number of aryl methyl sites for hydroxylation is 1. The topological polar surface area (TPSA) is 56.2 Å². The van der Waals surface area contributed by atoms with Crippen molar-refractivity contribution in [3.63, 3.8) is 0 Å². The van der Waals surface area contributed by atoms with E-state index in [9.17, 15) is 4.79 Å². The average Bonchev–Trinajstić information content (AvgIpc) is 3.13. The summed E-state index contributed by atoms with van der Waals surface area (Å²) in [6, 6.07) is 19.7. The standard InChI is InChI=1S/C21H23N3O2/c1-3-24-20(17-10-7-11-18(14-17)26-2)15-19(23-24)21(25)22-13-12-16-8-5-4-6-9-16/h4-11,14-15H,3,12-13H2,1-2H3,(H,22,25). The predicted octanol–water partition coefficient (Wildman–Crippen LogP) is 3.55. The normalized spacial score (nSPS) is 10.5. The van der Waals surface area contributed by atoms with Crippen molar-refractivity contribution in [1.29, 1.82) is 0 Å². The van der Waals surface area contributed by atoms with Gasteiger partial charge in [0.2, 0.25) is 0 Å². The Bertz CT molecular complexity index is 872. The number of rotatable bonds is 7. The number of hydrogen-bond acceptors (Lipinski definition) is 3. The molecule has 1 aromatic heterocycles. The van der Waals surface area contributed by atoms with Crippen LogP contribution in [0.15, 0.2) is 60.7 Å². The minimum absolute atomic E-state index is 0.155. The van der Waals surface area contributed by atoms with Crippen LogP contribution < -0.4 is 10.1 Å². The highest BCUT2D eigenvalue weighted by atomic mass is 16.5. The number of methoxy groups -OCH3 is 1. The first-order valence-corrected chi connectivity index (χ1v) is 8.75. The van der Waals surface area contributed by atoms with E-state index in [1.807, 2.05) is 60.1 Å². The summed E-state index contributed by atoms with van der Waals surface area (Å²) >= 11 is 0. The molecule has 26 heavy (non-hydrogen) atoms. The molecule has 1 N–H and O–H groups in total. The van der Waals surface area contributed by atoms with Gasteiger partial charge in [0.1, 0.15) is 5.75 Å². The summed E-state index contributed by atoms with van der Waals surface area (Å²) in [7, 11) is 1.64. The molecule has 1 amide bonds. The Morgan fingerprint density at radius 2 is 1.92 bits per heavy atom. The minimum Gasteiger partial charge on any atom is -0.497 e. The summed E-state index contributed by atoms with van der Waals surface area (Å²) in [5, 5.41) is 7.40. The fourth-order valence-electron chi connectivity index (χ4n) is 2.84. The molecule has 0 spiro atoms. The summed E-state index contributed by atoms with van der Waals surface area (Å²) in [6.45, 7) is 3.27. The quantitative estimate of drug-likeness (QED) is 0.710. The molecule has 0 fully saturated rings. The van der Waals surface area contributed by atoms with Gasteiger partial charge in [0.05, 0.1) is 12.8 Å². The van der Waals surface area contributed by atoms with Crippen LogP contribution in [0.2, 0.25) is 0 Å². The molecule has 0 aliphatic carbocycles. The molecule has 3 aromatic rings. The van der Waals surface area contributed by atoms with Crippen molar-refractivity contribution in [2.75, 3.05) is 13.7 Å². The van der Waals surface area contributed by atoms with Crippen molar-refractivity contribution in [2.24, 2.45) is 0 Å². The Morgan fingerprint density at radius 1 is 1.12 bits per heavy atom. The van der Waals surface area contributed by atoms with E-state index in [2.05, 4.69) is 22.5 Å². The number of nitrogens with zero attached hydrogens (tertiary/aromatic N) is 2. The van der Waals surface area contributed by atoms with E-state index in [-0.39, 0.29) is 5.91 Å². The van der Waals surface area contributed by atoms with E-state index in [4.69, 9.17) is 4.74 Å². The molecule has 0 radical (unpaired) electrons. The highest BCUT2D eigenvalue weighted by Gasteiger charge is 2.15. The van der Waals surface area contributed by atoms with Crippen LogP contribution in [0.25, 0.3) is 11.3 Å². The highest BCUT2D eigenvalue weighted by Crippen LogP contribution is 2.24. The lowest BCUT2D eigenvalue weighted by molar-refractivity contribution is 0.0948. The van der Waals surface area contributed by atoms with Crippen LogP contribution in [0.4, 0.5) is 0 Å². The number of hydrogen-bond donors (Lipinski definition) is 1. The Morgan fingerprint density at radius 3 is 2.65 bits per heavy atom. The van der Waals surface area contributed by atoms with Crippen molar-refractivity contribution in [1.82, 2.24) is 15.1 Å². The lowest BCUT2D eigenvalue weighted by atomic mass is 10.1.